The first-order valence-electron chi connectivity index (χ1n) is 12.5. The lowest BCUT2D eigenvalue weighted by Crippen LogP contribution is -2.53. The van der Waals surface area contributed by atoms with Crippen LogP contribution in [0.4, 0.5) is 29.3 Å². The van der Waals surface area contributed by atoms with Gasteiger partial charge in [-0.2, -0.15) is 13.2 Å². The van der Waals surface area contributed by atoms with E-state index in [0.717, 1.165) is 43.5 Å². The lowest BCUT2D eigenvalue weighted by molar-refractivity contribution is -0.137. The van der Waals surface area contributed by atoms with Crippen LogP contribution in [0.3, 0.4) is 0 Å². The van der Waals surface area contributed by atoms with Crippen LogP contribution < -0.4 is 15.5 Å². The number of anilines is 2. The van der Waals surface area contributed by atoms with Gasteiger partial charge in [0.25, 0.3) is 0 Å². The number of carbonyl (C=O) groups is 2. The molecule has 2 aromatic rings. The van der Waals surface area contributed by atoms with Crippen LogP contribution in [0, 0.1) is 5.92 Å². The number of rotatable bonds is 5. The number of alkyl halides is 3. The summed E-state index contributed by atoms with van der Waals surface area (Å²) in [7, 11) is 0. The molecule has 36 heavy (non-hydrogen) atoms. The smallest absolute Gasteiger partial charge is 0.375 e. The van der Waals surface area contributed by atoms with Crippen LogP contribution >= 0.6 is 0 Å². The van der Waals surface area contributed by atoms with Gasteiger partial charge in [0.05, 0.1) is 17.8 Å². The zero-order chi connectivity index (χ0) is 25.3. The summed E-state index contributed by atoms with van der Waals surface area (Å²) in [6.07, 6.45) is 3.21. The average molecular weight is 502 g/mol. The maximum atomic E-state index is 13.1. The van der Waals surface area contributed by atoms with Crippen LogP contribution in [-0.4, -0.2) is 36.7 Å². The van der Waals surface area contributed by atoms with Crippen LogP contribution in [0.1, 0.15) is 49.7 Å². The number of piperidine rings is 1. The van der Waals surface area contributed by atoms with Crippen molar-refractivity contribution in [3.63, 3.8) is 0 Å². The van der Waals surface area contributed by atoms with Gasteiger partial charge in [-0.15, -0.1) is 0 Å². The minimum atomic E-state index is -4.44. The van der Waals surface area contributed by atoms with Crippen molar-refractivity contribution in [1.29, 1.82) is 0 Å². The third kappa shape index (κ3) is 5.67. The fourth-order valence-electron chi connectivity index (χ4n) is 5.61. The lowest BCUT2D eigenvalue weighted by atomic mass is 9.89. The largest absolute Gasteiger partial charge is 0.416 e. The normalized spacial score (nSPS) is 26.1. The SMILES string of the molecule is O=C(Nc1ccc(C(F)(F)F)cc1)NC1CCCN(c2ccc(CC3C[C@H]4CC[C@@H](C3)O4)cc2)C1=O. The molecule has 9 heteroatoms. The number of nitrogens with one attached hydrogen (secondary N) is 2. The van der Waals surface area contributed by atoms with E-state index in [1.54, 1.807) is 4.90 Å². The number of nitrogens with zero attached hydrogens (tertiary/aromatic N) is 1. The van der Waals surface area contributed by atoms with Gasteiger partial charge in [-0.3, -0.25) is 4.79 Å². The predicted molar refractivity (Wildman–Crippen MR) is 130 cm³/mol. The highest BCUT2D eigenvalue weighted by atomic mass is 19.4. The molecule has 0 radical (unpaired) electrons. The first-order chi connectivity index (χ1) is 17.2. The van der Waals surface area contributed by atoms with Crippen LogP contribution in [-0.2, 0) is 22.1 Å². The predicted octanol–water partition coefficient (Wildman–Crippen LogP) is 5.52. The van der Waals surface area contributed by atoms with E-state index in [0.29, 0.717) is 31.1 Å². The van der Waals surface area contributed by atoms with Gasteiger partial charge < -0.3 is 20.3 Å². The first kappa shape index (κ1) is 24.6. The number of halogens is 3. The van der Waals surface area contributed by atoms with Crippen molar-refractivity contribution in [3.05, 3.63) is 59.7 Å². The fourth-order valence-corrected chi connectivity index (χ4v) is 5.61. The molecule has 192 valence electrons. The molecule has 3 heterocycles. The summed E-state index contributed by atoms with van der Waals surface area (Å²) in [6.45, 7) is 0.570. The Morgan fingerprint density at radius 3 is 2.28 bits per heavy atom. The molecule has 0 aromatic heterocycles. The Kier molecular flexibility index (Phi) is 6.92. The van der Waals surface area contributed by atoms with Crippen molar-refractivity contribution < 1.29 is 27.5 Å². The molecule has 0 aliphatic carbocycles. The maximum Gasteiger partial charge on any atom is 0.416 e. The van der Waals surface area contributed by atoms with Crippen molar-refractivity contribution >= 4 is 23.3 Å². The number of hydrogen-bond donors (Lipinski definition) is 2. The number of fused-ring (bicyclic) bond motifs is 2. The molecule has 3 aliphatic rings. The molecule has 2 bridgehead atoms. The Morgan fingerprint density at radius 1 is 0.972 bits per heavy atom. The average Bonchev–Trinajstić information content (AvgIpc) is 3.18. The highest BCUT2D eigenvalue weighted by Gasteiger charge is 2.35. The van der Waals surface area contributed by atoms with Crippen molar-refractivity contribution in [3.8, 4) is 0 Å². The number of amides is 3. The van der Waals surface area contributed by atoms with Gasteiger partial charge in [-0.05, 0) is 92.8 Å². The monoisotopic (exact) mass is 501 g/mol. The van der Waals surface area contributed by atoms with E-state index in [4.69, 9.17) is 4.74 Å². The molecule has 2 aromatic carbocycles. The summed E-state index contributed by atoms with van der Waals surface area (Å²) in [5.74, 6) is 0.438. The van der Waals surface area contributed by atoms with Crippen molar-refractivity contribution in [2.45, 2.75) is 69.4 Å². The van der Waals surface area contributed by atoms with Gasteiger partial charge in [0.2, 0.25) is 5.91 Å². The quantitative estimate of drug-likeness (QED) is 0.567. The van der Waals surface area contributed by atoms with E-state index in [1.807, 2.05) is 12.1 Å². The van der Waals surface area contributed by atoms with E-state index in [9.17, 15) is 22.8 Å². The summed E-state index contributed by atoms with van der Waals surface area (Å²) in [5.41, 5.74) is 1.47. The summed E-state index contributed by atoms with van der Waals surface area (Å²) in [6, 6.07) is 10.9. The molecule has 2 N–H and O–H groups in total. The van der Waals surface area contributed by atoms with Gasteiger partial charge in [-0.25, -0.2) is 4.79 Å². The topological polar surface area (TPSA) is 70.7 Å². The Bertz CT molecular complexity index is 1080. The first-order valence-corrected chi connectivity index (χ1v) is 12.5. The zero-order valence-electron chi connectivity index (χ0n) is 19.9. The molecule has 4 atom stereocenters. The van der Waals surface area contributed by atoms with Crippen molar-refractivity contribution in [2.24, 2.45) is 5.92 Å². The number of benzene rings is 2. The van der Waals surface area contributed by atoms with Crippen molar-refractivity contribution in [1.82, 2.24) is 5.32 Å². The van der Waals surface area contributed by atoms with Gasteiger partial charge >= 0.3 is 12.2 Å². The number of hydrogen-bond acceptors (Lipinski definition) is 3. The van der Waals surface area contributed by atoms with E-state index in [2.05, 4.69) is 22.8 Å². The van der Waals surface area contributed by atoms with Crippen LogP contribution in [0.2, 0.25) is 0 Å². The van der Waals surface area contributed by atoms with E-state index in [1.165, 1.54) is 30.5 Å². The molecular weight excluding hydrogens is 471 g/mol. The Balaban J connectivity index is 1.15. The molecule has 3 fully saturated rings. The molecule has 3 saturated heterocycles. The van der Waals surface area contributed by atoms with Gasteiger partial charge in [0.1, 0.15) is 6.04 Å². The lowest BCUT2D eigenvalue weighted by Gasteiger charge is -2.33. The van der Waals surface area contributed by atoms with Crippen LogP contribution in [0.25, 0.3) is 0 Å². The molecule has 3 aliphatic heterocycles. The van der Waals surface area contributed by atoms with Crippen LogP contribution in [0.5, 0.6) is 0 Å². The van der Waals surface area contributed by atoms with Gasteiger partial charge in [0.15, 0.2) is 0 Å². The van der Waals surface area contributed by atoms with E-state index >= 15 is 0 Å². The third-order valence-electron chi connectivity index (χ3n) is 7.37. The van der Waals surface area contributed by atoms with Crippen molar-refractivity contribution in [2.75, 3.05) is 16.8 Å². The van der Waals surface area contributed by atoms with Crippen LogP contribution in [0.15, 0.2) is 48.5 Å². The van der Waals surface area contributed by atoms with Gasteiger partial charge in [-0.1, -0.05) is 12.1 Å². The maximum absolute atomic E-state index is 13.1. The van der Waals surface area contributed by atoms with Gasteiger partial charge in [0, 0.05) is 17.9 Å². The molecule has 0 spiro atoms. The summed E-state index contributed by atoms with van der Waals surface area (Å²) < 4.78 is 44.1. The summed E-state index contributed by atoms with van der Waals surface area (Å²) >= 11 is 0. The summed E-state index contributed by atoms with van der Waals surface area (Å²) in [4.78, 5) is 27.2. The highest BCUT2D eigenvalue weighted by Crippen LogP contribution is 2.37. The number of carbonyl (C=O) groups excluding carboxylic acids is 2. The minimum absolute atomic E-state index is 0.197. The zero-order valence-corrected chi connectivity index (χ0v) is 19.9. The second-order valence-electron chi connectivity index (χ2n) is 10.0. The second kappa shape index (κ2) is 10.1. The van der Waals surface area contributed by atoms with E-state index in [-0.39, 0.29) is 11.6 Å². The fraction of sp³-hybridized carbons (Fsp3) is 0.481. The Labute approximate surface area is 208 Å². The molecular formula is C27H30F3N3O3. The highest BCUT2D eigenvalue weighted by molar-refractivity contribution is 6.01. The molecule has 3 amide bonds. The molecule has 6 nitrogen and oxygen atoms in total. The van der Waals surface area contributed by atoms with E-state index < -0.39 is 23.8 Å². The minimum Gasteiger partial charge on any atom is -0.375 e. The number of ether oxygens (including phenoxy) is 1. The molecule has 5 rings (SSSR count). The molecule has 0 saturated carbocycles. The third-order valence-corrected chi connectivity index (χ3v) is 7.37. The summed E-state index contributed by atoms with van der Waals surface area (Å²) in [5, 5.41) is 5.17. The standard InChI is InChI=1S/C27H30F3N3O3/c28-27(29,30)19-5-7-20(8-6-19)31-26(35)32-24-2-1-13-33(25(24)34)21-9-3-17(4-10-21)14-18-15-22-11-12-23(16-18)36-22/h3-10,18,22-24H,1-2,11-16H2,(H2,31,32,35)/t18?,22-,23+,24?. The Hall–Kier alpha value is -3.07. The second-order valence-corrected chi connectivity index (χ2v) is 10.0. The molecule has 2 unspecified atom stereocenters. The Morgan fingerprint density at radius 2 is 1.64 bits per heavy atom. The number of urea groups is 1.